The van der Waals surface area contributed by atoms with Crippen LogP contribution in [0.5, 0.6) is 0 Å². The number of rotatable bonds is 37. The predicted molar refractivity (Wildman–Crippen MR) is 243 cm³/mol. The van der Waals surface area contributed by atoms with Crippen LogP contribution in [0.1, 0.15) is 158 Å². The Morgan fingerprint density at radius 1 is 0.700 bits per heavy atom. The Kier molecular flexibility index (Phi) is 31.1. The van der Waals surface area contributed by atoms with Gasteiger partial charge in [0.1, 0.15) is 31.3 Å². The van der Waals surface area contributed by atoms with Crippen molar-refractivity contribution in [1.82, 2.24) is 0 Å². The first kappa shape index (κ1) is 55.2. The first-order valence-corrected chi connectivity index (χ1v) is 24.3. The molecule has 60 heavy (non-hydrogen) atoms. The van der Waals surface area contributed by atoms with Gasteiger partial charge in [-0.25, -0.2) is 4.57 Å². The molecule has 0 aromatic carbocycles. The zero-order chi connectivity index (χ0) is 44.5. The minimum atomic E-state index is -4.41. The third kappa shape index (κ3) is 31.1. The number of hydrogen-bond acceptors (Lipinski definition) is 9. The summed E-state index contributed by atoms with van der Waals surface area (Å²) in [7, 11) is 1.40. The van der Waals surface area contributed by atoms with Gasteiger partial charge in [0.15, 0.2) is 6.10 Å². The number of phosphoric ester groups is 1. The van der Waals surface area contributed by atoms with Crippen molar-refractivity contribution in [2.45, 2.75) is 175 Å². The average Bonchev–Trinajstić information content (AvgIpc) is 3.44. The molecule has 0 spiro atoms. The maximum atomic E-state index is 12.8. The van der Waals surface area contributed by atoms with Crippen molar-refractivity contribution >= 4 is 19.8 Å². The van der Waals surface area contributed by atoms with E-state index in [1.54, 1.807) is 0 Å². The van der Waals surface area contributed by atoms with Gasteiger partial charge in [-0.3, -0.25) is 18.6 Å². The number of carbonyl (C=O) groups excluding carboxylic acids is 2. The van der Waals surface area contributed by atoms with Crippen molar-refractivity contribution in [2.24, 2.45) is 0 Å². The number of phosphoric acid groups is 1. The summed E-state index contributed by atoms with van der Waals surface area (Å²) in [5, 5.41) is 9.28. The SMILES string of the molecule is CCCc1oc(CCCCCCCCCCC(=O)O[C@H](COC(=O)CCC/C=C\C/C=C\C/C=C\C/C=C\CCC[C@@H](C)O)COP(=O)(O)OCC[N+](C)(C)C)c(C)c1C. The molecule has 1 aromatic rings. The maximum absolute atomic E-state index is 12.8. The fraction of sp³-hybridized carbons (Fsp3) is 0.708. The predicted octanol–water partition coefficient (Wildman–Crippen LogP) is 11.3. The molecule has 0 radical (unpaired) electrons. The summed E-state index contributed by atoms with van der Waals surface area (Å²) < 4.78 is 40.4. The van der Waals surface area contributed by atoms with E-state index in [0.717, 1.165) is 108 Å². The topological polar surface area (TPSA) is 142 Å². The van der Waals surface area contributed by atoms with E-state index in [9.17, 15) is 24.2 Å². The third-order valence-corrected chi connectivity index (χ3v) is 11.0. The molecule has 1 rings (SSSR count). The number of aliphatic hydroxyl groups excluding tert-OH is 1. The second-order valence-corrected chi connectivity index (χ2v) is 18.4. The van der Waals surface area contributed by atoms with Crippen molar-refractivity contribution < 1.29 is 51.6 Å². The lowest BCUT2D eigenvalue weighted by Gasteiger charge is -2.24. The summed E-state index contributed by atoms with van der Waals surface area (Å²) in [6.07, 6.45) is 34.3. The molecule has 0 aliphatic rings. The van der Waals surface area contributed by atoms with Crippen molar-refractivity contribution in [3.8, 4) is 0 Å². The Labute approximate surface area is 363 Å². The molecular formula is C48H83NO10P+. The molecule has 1 aromatic heterocycles. The van der Waals surface area contributed by atoms with Gasteiger partial charge in [0.05, 0.1) is 33.9 Å². The molecular weight excluding hydrogens is 781 g/mol. The highest BCUT2D eigenvalue weighted by Crippen LogP contribution is 2.43. The number of allylic oxidation sites excluding steroid dienone is 8. The minimum Gasteiger partial charge on any atom is -0.466 e. The molecule has 2 N–H and O–H groups in total. The van der Waals surface area contributed by atoms with E-state index in [1.807, 2.05) is 34.1 Å². The Morgan fingerprint density at radius 3 is 1.78 bits per heavy atom. The summed E-state index contributed by atoms with van der Waals surface area (Å²) >= 11 is 0. The van der Waals surface area contributed by atoms with Gasteiger partial charge in [0.25, 0.3) is 0 Å². The number of nitrogens with zero attached hydrogens (tertiary/aromatic N) is 1. The fourth-order valence-corrected chi connectivity index (χ4v) is 6.99. The number of unbranched alkanes of at least 4 members (excludes halogenated alkanes) is 9. The molecule has 0 aliphatic carbocycles. The van der Waals surface area contributed by atoms with Crippen LogP contribution in [0.25, 0.3) is 0 Å². The number of quaternary nitrogens is 1. The lowest BCUT2D eigenvalue weighted by Crippen LogP contribution is -2.37. The van der Waals surface area contributed by atoms with Gasteiger partial charge < -0.3 is 28.4 Å². The molecule has 344 valence electrons. The molecule has 0 saturated heterocycles. The van der Waals surface area contributed by atoms with Crippen molar-refractivity contribution in [2.75, 3.05) is 47.5 Å². The summed E-state index contributed by atoms with van der Waals surface area (Å²) in [6, 6.07) is 0. The van der Waals surface area contributed by atoms with Gasteiger partial charge in [0, 0.05) is 25.7 Å². The number of aryl methyl sites for hydroxylation is 2. The Hall–Kier alpha value is -2.79. The Balaban J connectivity index is 2.37. The van der Waals surface area contributed by atoms with Crippen molar-refractivity contribution in [1.29, 1.82) is 0 Å². The van der Waals surface area contributed by atoms with Crippen LogP contribution >= 0.6 is 7.82 Å². The van der Waals surface area contributed by atoms with E-state index in [4.69, 9.17) is 22.9 Å². The van der Waals surface area contributed by atoms with Gasteiger partial charge in [0.2, 0.25) is 0 Å². The normalized spacial score (nSPS) is 14.5. The number of esters is 2. The van der Waals surface area contributed by atoms with Gasteiger partial charge in [-0.1, -0.05) is 94.1 Å². The van der Waals surface area contributed by atoms with E-state index >= 15 is 0 Å². The zero-order valence-corrected chi connectivity index (χ0v) is 39.4. The number of carbonyl (C=O) groups is 2. The first-order chi connectivity index (χ1) is 28.6. The molecule has 11 nitrogen and oxygen atoms in total. The molecule has 0 bridgehead atoms. The number of aliphatic hydroxyl groups is 1. The van der Waals surface area contributed by atoms with Crippen LogP contribution in [0, 0.1) is 13.8 Å². The van der Waals surface area contributed by atoms with Gasteiger partial charge in [-0.2, -0.15) is 0 Å². The van der Waals surface area contributed by atoms with Crippen LogP contribution in [0.3, 0.4) is 0 Å². The summed E-state index contributed by atoms with van der Waals surface area (Å²) in [4.78, 5) is 35.5. The molecule has 0 saturated carbocycles. The van der Waals surface area contributed by atoms with Gasteiger partial charge in [-0.15, -0.1) is 0 Å². The summed E-state index contributed by atoms with van der Waals surface area (Å²) in [6.45, 7) is 8.11. The van der Waals surface area contributed by atoms with Crippen molar-refractivity contribution in [3.05, 3.63) is 71.3 Å². The van der Waals surface area contributed by atoms with Crippen LogP contribution in [0.2, 0.25) is 0 Å². The van der Waals surface area contributed by atoms with Crippen LogP contribution in [0.4, 0.5) is 0 Å². The van der Waals surface area contributed by atoms with Crippen molar-refractivity contribution in [3.63, 3.8) is 0 Å². The van der Waals surface area contributed by atoms with Gasteiger partial charge >= 0.3 is 19.8 Å². The van der Waals surface area contributed by atoms with E-state index < -0.39 is 32.5 Å². The van der Waals surface area contributed by atoms with E-state index in [0.29, 0.717) is 23.9 Å². The van der Waals surface area contributed by atoms with Crippen LogP contribution in [0.15, 0.2) is 53.0 Å². The highest BCUT2D eigenvalue weighted by atomic mass is 31.2. The number of furan rings is 1. The largest absolute Gasteiger partial charge is 0.472 e. The highest BCUT2D eigenvalue weighted by molar-refractivity contribution is 7.47. The van der Waals surface area contributed by atoms with E-state index in [2.05, 4.69) is 63.3 Å². The molecule has 0 amide bonds. The standard InChI is InChI=1S/C48H82NO10P/c1-8-32-45-42(3)43(4)46(59-45)34-29-25-21-18-19-23-27-31-36-48(52)58-44(40-57-60(53,54)56-38-37-49(5,6)7)39-55-47(51)35-30-26-22-17-15-13-11-9-10-12-14-16-20-24-28-33-41(2)50/h10-13,16-17,20,22,41,44,50H,8-9,14-15,18-19,21,23-40H2,1-7H3/p+1/b12-10-,13-11-,20-16-,22-17-/t41-,44-/m1/s1. The molecule has 1 unspecified atom stereocenters. The average molecular weight is 865 g/mol. The molecule has 0 fully saturated rings. The lowest BCUT2D eigenvalue weighted by atomic mass is 10.0. The highest BCUT2D eigenvalue weighted by Gasteiger charge is 2.27. The zero-order valence-electron chi connectivity index (χ0n) is 38.5. The summed E-state index contributed by atoms with van der Waals surface area (Å²) in [5.74, 6) is 1.38. The van der Waals surface area contributed by atoms with E-state index in [1.165, 1.54) is 24.0 Å². The lowest BCUT2D eigenvalue weighted by molar-refractivity contribution is -0.870. The van der Waals surface area contributed by atoms with Crippen LogP contribution in [-0.2, 0) is 45.5 Å². The van der Waals surface area contributed by atoms with Crippen LogP contribution < -0.4 is 0 Å². The smallest absolute Gasteiger partial charge is 0.466 e. The van der Waals surface area contributed by atoms with E-state index in [-0.39, 0.29) is 32.2 Å². The number of likely N-dealkylation sites (N-methyl/N-ethyl adjacent to an activating group) is 1. The van der Waals surface area contributed by atoms with Gasteiger partial charge in [-0.05, 0) is 103 Å². The Bertz CT molecular complexity index is 1460. The molecule has 0 aliphatic heterocycles. The summed E-state index contributed by atoms with van der Waals surface area (Å²) in [5.41, 5.74) is 2.61. The quantitative estimate of drug-likeness (QED) is 0.0218. The molecule has 1 heterocycles. The fourth-order valence-electron chi connectivity index (χ4n) is 6.25. The first-order valence-electron chi connectivity index (χ1n) is 22.8. The monoisotopic (exact) mass is 865 g/mol. The minimum absolute atomic E-state index is 0.00879. The molecule has 3 atom stereocenters. The van der Waals surface area contributed by atoms with Crippen LogP contribution in [-0.4, -0.2) is 86.1 Å². The number of ether oxygens (including phenoxy) is 2. The maximum Gasteiger partial charge on any atom is 0.472 e. The molecule has 12 heteroatoms. The second kappa shape index (κ2) is 33.8. The second-order valence-electron chi connectivity index (χ2n) is 16.9. The Morgan fingerprint density at radius 2 is 1.22 bits per heavy atom. The third-order valence-electron chi connectivity index (χ3n) is 10.1. The number of hydrogen-bond donors (Lipinski definition) is 2.